The predicted molar refractivity (Wildman–Crippen MR) is 108 cm³/mol. The van der Waals surface area contributed by atoms with E-state index < -0.39 is 0 Å². The van der Waals surface area contributed by atoms with Gasteiger partial charge in [-0.15, -0.1) is 0 Å². The van der Waals surface area contributed by atoms with Crippen molar-refractivity contribution < 1.29 is 4.79 Å². The number of anilines is 1. The van der Waals surface area contributed by atoms with E-state index >= 15 is 0 Å². The maximum atomic E-state index is 13.4. The van der Waals surface area contributed by atoms with Crippen LogP contribution in [0.2, 0.25) is 0 Å². The molecule has 0 saturated carbocycles. The number of carbonyl (C=O) groups is 1. The number of benzene rings is 1. The summed E-state index contributed by atoms with van der Waals surface area (Å²) in [6.07, 6.45) is 0. The topological polar surface area (TPSA) is 84.8 Å². The van der Waals surface area contributed by atoms with Gasteiger partial charge in [0.1, 0.15) is 17.4 Å². The first-order valence-corrected chi connectivity index (χ1v) is 9.59. The van der Waals surface area contributed by atoms with Crippen molar-refractivity contribution in [2.45, 2.75) is 19.3 Å². The number of pyridine rings is 1. The fourth-order valence-electron chi connectivity index (χ4n) is 4.48. The van der Waals surface area contributed by atoms with Crippen LogP contribution in [0.4, 0.5) is 5.69 Å². The summed E-state index contributed by atoms with van der Waals surface area (Å²) in [6.45, 7) is 8.15. The fourth-order valence-corrected chi connectivity index (χ4v) is 4.48. The number of hydrogen-bond acceptors (Lipinski definition) is 5. The van der Waals surface area contributed by atoms with E-state index in [1.807, 2.05) is 12.1 Å². The Morgan fingerprint density at radius 2 is 1.96 bits per heavy atom. The van der Waals surface area contributed by atoms with Gasteiger partial charge in [0.2, 0.25) is 0 Å². The zero-order valence-corrected chi connectivity index (χ0v) is 16.0. The number of fused-ring (bicyclic) bond motifs is 4. The van der Waals surface area contributed by atoms with Crippen LogP contribution in [-0.4, -0.2) is 41.9 Å². The molecule has 140 valence electrons. The quantitative estimate of drug-likeness (QED) is 0.687. The summed E-state index contributed by atoms with van der Waals surface area (Å²) in [5, 5.41) is 13.3. The van der Waals surface area contributed by atoms with Gasteiger partial charge >= 0.3 is 0 Å². The third kappa shape index (κ3) is 2.30. The molecule has 3 heterocycles. The Morgan fingerprint density at radius 3 is 2.71 bits per heavy atom. The summed E-state index contributed by atoms with van der Waals surface area (Å²) >= 11 is 0. The molecule has 0 amide bonds. The number of aromatic amines is 1. The van der Waals surface area contributed by atoms with Crippen LogP contribution in [0.3, 0.4) is 0 Å². The van der Waals surface area contributed by atoms with Gasteiger partial charge in [0.15, 0.2) is 5.78 Å². The molecule has 6 nitrogen and oxygen atoms in total. The number of hydrogen-bond donors (Lipinski definition) is 2. The molecule has 6 heteroatoms. The summed E-state index contributed by atoms with van der Waals surface area (Å²) in [4.78, 5) is 23.4. The molecule has 0 bridgehead atoms. The van der Waals surface area contributed by atoms with E-state index in [4.69, 9.17) is 5.26 Å². The molecule has 5 rings (SSSR count). The summed E-state index contributed by atoms with van der Waals surface area (Å²) < 4.78 is 0. The molecule has 1 saturated heterocycles. The Labute approximate surface area is 163 Å². The molecule has 1 aliphatic heterocycles. The third-order valence-corrected chi connectivity index (χ3v) is 6.03. The van der Waals surface area contributed by atoms with E-state index in [1.54, 1.807) is 6.07 Å². The van der Waals surface area contributed by atoms with Crippen molar-refractivity contribution in [1.29, 1.82) is 5.26 Å². The normalized spacial score (nSPS) is 17.9. The molecule has 2 aliphatic rings. The van der Waals surface area contributed by atoms with Gasteiger partial charge in [-0.1, -0.05) is 13.8 Å². The summed E-state index contributed by atoms with van der Waals surface area (Å²) in [5.41, 5.74) is 5.08. The Bertz CT molecular complexity index is 1160. The summed E-state index contributed by atoms with van der Waals surface area (Å²) in [6, 6.07) is 11.8. The van der Waals surface area contributed by atoms with Crippen LogP contribution < -0.4 is 10.2 Å². The van der Waals surface area contributed by atoms with Crippen molar-refractivity contribution in [3.05, 3.63) is 58.4 Å². The van der Waals surface area contributed by atoms with Crippen LogP contribution in [0, 0.1) is 11.3 Å². The number of H-pyrrole nitrogens is 1. The number of piperazine rings is 1. The van der Waals surface area contributed by atoms with Gasteiger partial charge in [0, 0.05) is 53.9 Å². The molecule has 0 atom stereocenters. The summed E-state index contributed by atoms with van der Waals surface area (Å²) in [5.74, 6) is 0.0222. The van der Waals surface area contributed by atoms with Crippen LogP contribution in [0.1, 0.15) is 46.7 Å². The zero-order chi connectivity index (χ0) is 19.5. The smallest absolute Gasteiger partial charge is 0.195 e. The largest absolute Gasteiger partial charge is 0.369 e. The number of ketones is 1. The minimum absolute atomic E-state index is 0.0222. The van der Waals surface area contributed by atoms with Gasteiger partial charge < -0.3 is 15.2 Å². The maximum Gasteiger partial charge on any atom is 0.195 e. The summed E-state index contributed by atoms with van der Waals surface area (Å²) in [7, 11) is 0. The number of carbonyl (C=O) groups excluding carboxylic acids is 1. The number of rotatable bonds is 1. The van der Waals surface area contributed by atoms with E-state index in [-0.39, 0.29) is 11.2 Å². The third-order valence-electron chi connectivity index (χ3n) is 6.03. The average Bonchev–Trinajstić information content (AvgIpc) is 3.12. The minimum Gasteiger partial charge on any atom is -0.369 e. The second kappa shape index (κ2) is 5.91. The average molecular weight is 371 g/mol. The highest BCUT2D eigenvalue weighted by molar-refractivity contribution is 6.19. The van der Waals surface area contributed by atoms with E-state index in [0.717, 1.165) is 54.1 Å². The van der Waals surface area contributed by atoms with Crippen molar-refractivity contribution in [1.82, 2.24) is 15.3 Å². The highest BCUT2D eigenvalue weighted by Gasteiger charge is 2.40. The van der Waals surface area contributed by atoms with Crippen molar-refractivity contribution in [2.75, 3.05) is 31.1 Å². The first kappa shape index (κ1) is 17.0. The van der Waals surface area contributed by atoms with Gasteiger partial charge in [0.05, 0.1) is 5.56 Å². The van der Waals surface area contributed by atoms with Crippen molar-refractivity contribution in [2.24, 2.45) is 0 Å². The molecule has 0 unspecified atom stereocenters. The van der Waals surface area contributed by atoms with Crippen LogP contribution in [-0.2, 0) is 5.41 Å². The molecule has 1 fully saturated rings. The molecule has 0 radical (unpaired) electrons. The number of nitrogens with zero attached hydrogens (tertiary/aromatic N) is 3. The maximum absolute atomic E-state index is 13.4. The molecule has 28 heavy (non-hydrogen) atoms. The standard InChI is InChI=1S/C22H21N5O/c1-22(2)17-11-14(27-9-7-24-8-10-27)4-6-15(17)19(28)18-16-5-3-13(12-23)25-21(16)26-20(18)22/h3-6,11,24H,7-10H2,1-2H3,(H,25,26). The van der Waals surface area contributed by atoms with E-state index in [1.165, 1.54) is 0 Å². The van der Waals surface area contributed by atoms with Crippen molar-refractivity contribution >= 4 is 22.5 Å². The monoisotopic (exact) mass is 371 g/mol. The van der Waals surface area contributed by atoms with Crippen LogP contribution in [0.15, 0.2) is 30.3 Å². The Balaban J connectivity index is 1.69. The highest BCUT2D eigenvalue weighted by Crippen LogP contribution is 2.44. The van der Waals surface area contributed by atoms with Gasteiger partial charge in [0.25, 0.3) is 0 Å². The van der Waals surface area contributed by atoms with Gasteiger partial charge in [-0.05, 0) is 35.9 Å². The molecular formula is C22H21N5O. The zero-order valence-electron chi connectivity index (χ0n) is 16.0. The molecule has 0 spiro atoms. The van der Waals surface area contributed by atoms with Gasteiger partial charge in [-0.2, -0.15) is 5.26 Å². The molecule has 1 aliphatic carbocycles. The van der Waals surface area contributed by atoms with Crippen LogP contribution in [0.5, 0.6) is 0 Å². The second-order valence-electron chi connectivity index (χ2n) is 8.00. The van der Waals surface area contributed by atoms with Crippen molar-refractivity contribution in [3.8, 4) is 6.07 Å². The molecule has 2 N–H and O–H groups in total. The lowest BCUT2D eigenvalue weighted by Gasteiger charge is -2.35. The molecule has 3 aromatic rings. The van der Waals surface area contributed by atoms with Gasteiger partial charge in [-0.25, -0.2) is 4.98 Å². The highest BCUT2D eigenvalue weighted by atomic mass is 16.1. The van der Waals surface area contributed by atoms with E-state index in [0.29, 0.717) is 16.9 Å². The Kier molecular flexibility index (Phi) is 3.58. The fraction of sp³-hybridized carbons (Fsp3) is 0.318. The minimum atomic E-state index is -0.365. The van der Waals surface area contributed by atoms with Crippen LogP contribution in [0.25, 0.3) is 11.0 Å². The molecular weight excluding hydrogens is 350 g/mol. The Morgan fingerprint density at radius 1 is 1.18 bits per heavy atom. The first-order chi connectivity index (χ1) is 13.5. The first-order valence-electron chi connectivity index (χ1n) is 9.59. The molecule has 2 aromatic heterocycles. The van der Waals surface area contributed by atoms with E-state index in [9.17, 15) is 4.79 Å². The lowest BCUT2D eigenvalue weighted by Crippen LogP contribution is -2.43. The lowest BCUT2D eigenvalue weighted by atomic mass is 9.71. The second-order valence-corrected chi connectivity index (χ2v) is 8.00. The number of nitrogens with one attached hydrogen (secondary N) is 2. The van der Waals surface area contributed by atoms with Crippen molar-refractivity contribution in [3.63, 3.8) is 0 Å². The number of aromatic nitrogens is 2. The predicted octanol–water partition coefficient (Wildman–Crippen LogP) is 2.71. The van der Waals surface area contributed by atoms with E-state index in [2.05, 4.69) is 52.2 Å². The Hall–Kier alpha value is -3.17. The van der Waals surface area contributed by atoms with Crippen LogP contribution >= 0.6 is 0 Å². The SMILES string of the molecule is CC1(C)c2cc(N3CCNCC3)ccc2C(=O)c2c1[nH]c1nc(C#N)ccc21. The van der Waals surface area contributed by atoms with Gasteiger partial charge in [-0.3, -0.25) is 4.79 Å². The lowest BCUT2D eigenvalue weighted by molar-refractivity contribution is 0.103. The number of nitriles is 1. The molecule has 1 aromatic carbocycles.